The Balaban J connectivity index is 2.16. The van der Waals surface area contributed by atoms with Crippen molar-refractivity contribution in [2.75, 3.05) is 11.9 Å². The van der Waals surface area contributed by atoms with Crippen molar-refractivity contribution in [3.8, 4) is 0 Å². The number of hydrogen-bond donors (Lipinski definition) is 2. The molecule has 0 saturated heterocycles. The molecule has 0 bridgehead atoms. The summed E-state index contributed by atoms with van der Waals surface area (Å²) >= 11 is 0. The molecule has 1 aromatic carbocycles. The molecule has 2 rings (SSSR count). The molecule has 3 heteroatoms. The van der Waals surface area contributed by atoms with E-state index in [1.54, 1.807) is 0 Å². The zero-order valence-corrected chi connectivity index (χ0v) is 8.18. The van der Waals surface area contributed by atoms with Gasteiger partial charge < -0.3 is 10.4 Å². The number of anilines is 1. The summed E-state index contributed by atoms with van der Waals surface area (Å²) in [5.74, 6) is -0.235. The van der Waals surface area contributed by atoms with E-state index < -0.39 is 0 Å². The van der Waals surface area contributed by atoms with Crippen LogP contribution < -0.4 is 5.32 Å². The van der Waals surface area contributed by atoms with Crippen molar-refractivity contribution in [3.63, 3.8) is 0 Å². The summed E-state index contributed by atoms with van der Waals surface area (Å²) in [5.41, 5.74) is 1.47. The number of benzene rings is 1. The number of nitrogens with one attached hydrogen (secondary N) is 1. The van der Waals surface area contributed by atoms with Crippen LogP contribution >= 0.6 is 0 Å². The van der Waals surface area contributed by atoms with Gasteiger partial charge in [-0.25, -0.2) is 4.39 Å². The van der Waals surface area contributed by atoms with Crippen LogP contribution in [0.25, 0.3) is 0 Å². The summed E-state index contributed by atoms with van der Waals surface area (Å²) in [6.45, 7) is 1.97. The zero-order valence-electron chi connectivity index (χ0n) is 8.18. The summed E-state index contributed by atoms with van der Waals surface area (Å²) in [6, 6.07) is 4.84. The first-order valence-corrected chi connectivity index (χ1v) is 4.80. The summed E-state index contributed by atoms with van der Waals surface area (Å²) in [5, 5.41) is 12.3. The molecule has 0 amide bonds. The van der Waals surface area contributed by atoms with Crippen LogP contribution in [0.15, 0.2) is 18.2 Å². The highest BCUT2D eigenvalue weighted by Gasteiger charge is 2.41. The number of aliphatic hydroxyl groups excluding tert-OH is 1. The normalized spacial score (nSPS) is 17.9. The number of hydrogen-bond acceptors (Lipinski definition) is 2. The van der Waals surface area contributed by atoms with Crippen LogP contribution in [0.5, 0.6) is 0 Å². The van der Waals surface area contributed by atoms with Crippen molar-refractivity contribution in [2.45, 2.75) is 25.3 Å². The van der Waals surface area contributed by atoms with Gasteiger partial charge in [0.1, 0.15) is 5.82 Å². The molecule has 1 aromatic rings. The van der Waals surface area contributed by atoms with Crippen LogP contribution in [0.1, 0.15) is 18.4 Å². The van der Waals surface area contributed by atoms with E-state index in [-0.39, 0.29) is 18.0 Å². The predicted molar refractivity (Wildman–Crippen MR) is 53.8 cm³/mol. The lowest BCUT2D eigenvalue weighted by Crippen LogP contribution is -2.25. The van der Waals surface area contributed by atoms with Crippen molar-refractivity contribution in [3.05, 3.63) is 29.6 Å². The van der Waals surface area contributed by atoms with Crippen LogP contribution in [0.3, 0.4) is 0 Å². The van der Waals surface area contributed by atoms with Crippen molar-refractivity contribution in [1.82, 2.24) is 0 Å². The first-order chi connectivity index (χ1) is 6.63. The maximum Gasteiger partial charge on any atom is 0.125 e. The van der Waals surface area contributed by atoms with Crippen LogP contribution in [0, 0.1) is 12.7 Å². The van der Waals surface area contributed by atoms with Gasteiger partial charge >= 0.3 is 0 Å². The molecule has 0 spiro atoms. The molecule has 0 atom stereocenters. The van der Waals surface area contributed by atoms with E-state index in [1.165, 1.54) is 12.1 Å². The minimum Gasteiger partial charge on any atom is -0.394 e. The van der Waals surface area contributed by atoms with Crippen LogP contribution in [0.4, 0.5) is 10.1 Å². The van der Waals surface area contributed by atoms with Crippen molar-refractivity contribution in [1.29, 1.82) is 0 Å². The highest BCUT2D eigenvalue weighted by molar-refractivity contribution is 5.49. The number of rotatable bonds is 3. The standard InChI is InChI=1S/C11H14FNO/c1-8-4-9(12)6-10(5-8)13-11(7-14)2-3-11/h4-6,13-14H,2-3,7H2,1H3. The third-order valence-electron chi connectivity index (χ3n) is 2.61. The fourth-order valence-corrected chi connectivity index (χ4v) is 1.59. The van der Waals surface area contributed by atoms with E-state index in [2.05, 4.69) is 5.32 Å². The molecule has 1 aliphatic carbocycles. The molecule has 0 aliphatic heterocycles. The van der Waals surface area contributed by atoms with Gasteiger partial charge in [-0.3, -0.25) is 0 Å². The second-order valence-electron chi connectivity index (χ2n) is 4.08. The molecular weight excluding hydrogens is 181 g/mol. The molecule has 0 heterocycles. The molecule has 2 nitrogen and oxygen atoms in total. The predicted octanol–water partition coefficient (Wildman–Crippen LogP) is 2.07. The van der Waals surface area contributed by atoms with Gasteiger partial charge in [0.05, 0.1) is 12.1 Å². The van der Waals surface area contributed by atoms with Gasteiger partial charge in [0.25, 0.3) is 0 Å². The number of halogens is 1. The average Bonchev–Trinajstić information content (AvgIpc) is 2.83. The molecule has 0 unspecified atom stereocenters. The van der Waals surface area contributed by atoms with Crippen LogP contribution in [-0.2, 0) is 0 Å². The Morgan fingerprint density at radius 3 is 2.64 bits per heavy atom. The first-order valence-electron chi connectivity index (χ1n) is 4.80. The molecular formula is C11H14FNO. The molecule has 0 aromatic heterocycles. The largest absolute Gasteiger partial charge is 0.394 e. The van der Waals surface area contributed by atoms with Gasteiger partial charge in [-0.15, -0.1) is 0 Å². The van der Waals surface area contributed by atoms with Gasteiger partial charge in [0, 0.05) is 5.69 Å². The Morgan fingerprint density at radius 2 is 2.14 bits per heavy atom. The highest BCUT2D eigenvalue weighted by Crippen LogP contribution is 2.38. The minimum absolute atomic E-state index is 0.114. The van der Waals surface area contributed by atoms with Crippen LogP contribution in [-0.4, -0.2) is 17.3 Å². The maximum absolute atomic E-state index is 13.0. The third-order valence-corrected chi connectivity index (χ3v) is 2.61. The van der Waals surface area contributed by atoms with Gasteiger partial charge in [-0.1, -0.05) is 0 Å². The molecule has 1 fully saturated rings. The summed E-state index contributed by atoms with van der Waals surface area (Å²) in [7, 11) is 0. The zero-order chi connectivity index (χ0) is 10.2. The van der Waals surface area contributed by atoms with E-state index in [1.807, 2.05) is 13.0 Å². The second kappa shape index (κ2) is 3.24. The topological polar surface area (TPSA) is 32.3 Å². The Bertz CT molecular complexity index is 327. The summed E-state index contributed by atoms with van der Waals surface area (Å²) in [4.78, 5) is 0. The molecule has 0 radical (unpaired) electrons. The molecule has 76 valence electrons. The van der Waals surface area contributed by atoms with E-state index in [9.17, 15) is 4.39 Å². The van der Waals surface area contributed by atoms with Crippen LogP contribution in [0.2, 0.25) is 0 Å². The fraction of sp³-hybridized carbons (Fsp3) is 0.455. The molecule has 14 heavy (non-hydrogen) atoms. The fourth-order valence-electron chi connectivity index (χ4n) is 1.59. The molecule has 2 N–H and O–H groups in total. The second-order valence-corrected chi connectivity index (χ2v) is 4.08. The van der Waals surface area contributed by atoms with E-state index in [4.69, 9.17) is 5.11 Å². The SMILES string of the molecule is Cc1cc(F)cc(NC2(CO)CC2)c1. The van der Waals surface area contributed by atoms with Crippen molar-refractivity contribution >= 4 is 5.69 Å². The van der Waals surface area contributed by atoms with Gasteiger partial charge in [0.15, 0.2) is 0 Å². The highest BCUT2D eigenvalue weighted by atomic mass is 19.1. The lowest BCUT2D eigenvalue weighted by atomic mass is 10.2. The third kappa shape index (κ3) is 1.87. The van der Waals surface area contributed by atoms with E-state index in [0.29, 0.717) is 0 Å². The Morgan fingerprint density at radius 1 is 1.43 bits per heavy atom. The smallest absolute Gasteiger partial charge is 0.125 e. The maximum atomic E-state index is 13.0. The lowest BCUT2D eigenvalue weighted by Gasteiger charge is -2.16. The Hall–Kier alpha value is -1.09. The van der Waals surface area contributed by atoms with Gasteiger partial charge in [0.2, 0.25) is 0 Å². The Labute approximate surface area is 82.8 Å². The van der Waals surface area contributed by atoms with E-state index in [0.717, 1.165) is 24.1 Å². The lowest BCUT2D eigenvalue weighted by molar-refractivity contribution is 0.266. The Kier molecular flexibility index (Phi) is 2.19. The quantitative estimate of drug-likeness (QED) is 0.773. The van der Waals surface area contributed by atoms with Crippen molar-refractivity contribution < 1.29 is 9.50 Å². The first kappa shape index (κ1) is 9.46. The van der Waals surface area contributed by atoms with Crippen molar-refractivity contribution in [2.24, 2.45) is 0 Å². The minimum atomic E-state index is -0.235. The summed E-state index contributed by atoms with van der Waals surface area (Å²) in [6.07, 6.45) is 1.91. The van der Waals surface area contributed by atoms with E-state index >= 15 is 0 Å². The average molecular weight is 195 g/mol. The van der Waals surface area contributed by atoms with Gasteiger partial charge in [-0.05, 0) is 43.5 Å². The monoisotopic (exact) mass is 195 g/mol. The number of aliphatic hydroxyl groups is 1. The summed E-state index contributed by atoms with van der Waals surface area (Å²) < 4.78 is 13.0. The number of aryl methyl sites for hydroxylation is 1. The molecule has 1 saturated carbocycles. The molecule has 1 aliphatic rings. The van der Waals surface area contributed by atoms with Gasteiger partial charge in [-0.2, -0.15) is 0 Å².